The smallest absolute Gasteiger partial charge is 0.453 e. The van der Waals surface area contributed by atoms with Crippen LogP contribution in [0.1, 0.15) is 243 Å². The molecule has 456 valence electrons. The molecule has 19 heteroatoms. The Morgan fingerprint density at radius 1 is 0.506 bits per heavy atom. The molecule has 1 saturated heterocycles. The van der Waals surface area contributed by atoms with Gasteiger partial charge in [-0.05, 0) is 119 Å². The van der Waals surface area contributed by atoms with Crippen LogP contribution in [0.4, 0.5) is 26.7 Å². The maximum Gasteiger partial charge on any atom is 0.453 e. The summed E-state index contributed by atoms with van der Waals surface area (Å²) in [5, 5.41) is 2.85. The van der Waals surface area contributed by atoms with E-state index in [-0.39, 0.29) is 65.0 Å². The van der Waals surface area contributed by atoms with Crippen LogP contribution in [0.3, 0.4) is 0 Å². The molecule has 79 heavy (non-hydrogen) atoms. The molecular formula is C60H99F5N2O12. The van der Waals surface area contributed by atoms with E-state index in [1.165, 1.54) is 38.5 Å². The number of hydrogen-bond acceptors (Lipinski definition) is 13. The van der Waals surface area contributed by atoms with Crippen molar-refractivity contribution >= 4 is 30.0 Å². The molecule has 1 fully saturated rings. The number of halogens is 5. The molecule has 1 amide bonds. The molecule has 0 aromatic heterocycles. The third-order valence-electron chi connectivity index (χ3n) is 13.8. The van der Waals surface area contributed by atoms with Crippen molar-refractivity contribution in [1.82, 2.24) is 10.2 Å². The van der Waals surface area contributed by atoms with E-state index in [2.05, 4.69) is 31.0 Å². The van der Waals surface area contributed by atoms with Crippen LogP contribution >= 0.6 is 0 Å². The number of carbonyl (C=O) groups excluding carboxylic acids is 5. The number of nitrogens with zero attached hydrogens (tertiary/aromatic N) is 1. The second-order valence-corrected chi connectivity index (χ2v) is 21.1. The van der Waals surface area contributed by atoms with Crippen LogP contribution in [0.15, 0.2) is 18.2 Å². The maximum absolute atomic E-state index is 13.2. The average Bonchev–Trinajstić information content (AvgIpc) is 3.94. The van der Waals surface area contributed by atoms with Crippen molar-refractivity contribution in [2.45, 2.75) is 271 Å². The predicted octanol–water partition coefficient (Wildman–Crippen LogP) is 14.9. The van der Waals surface area contributed by atoms with Crippen molar-refractivity contribution in [3.63, 3.8) is 0 Å². The maximum atomic E-state index is 13.2. The molecule has 14 nitrogen and oxygen atoms in total. The molecule has 2 rings (SSSR count). The summed E-state index contributed by atoms with van der Waals surface area (Å²) in [5.74, 6) is -6.68. The number of carbonyl (C=O) groups is 5. The van der Waals surface area contributed by atoms with Gasteiger partial charge < -0.3 is 43.4 Å². The Labute approximate surface area is 469 Å². The largest absolute Gasteiger partial charge is 0.466 e. The summed E-state index contributed by atoms with van der Waals surface area (Å²) in [4.78, 5) is 66.5. The third-order valence-corrected chi connectivity index (χ3v) is 13.8. The summed E-state index contributed by atoms with van der Waals surface area (Å²) >= 11 is 0. The van der Waals surface area contributed by atoms with Crippen LogP contribution in [-0.4, -0.2) is 105 Å². The minimum absolute atomic E-state index is 0.00693. The van der Waals surface area contributed by atoms with E-state index >= 15 is 0 Å². The second kappa shape index (κ2) is 44.5. The molecule has 1 aliphatic rings. The van der Waals surface area contributed by atoms with E-state index in [0.29, 0.717) is 81.4 Å². The number of benzene rings is 1. The highest BCUT2D eigenvalue weighted by Gasteiger charge is 2.56. The van der Waals surface area contributed by atoms with Crippen molar-refractivity contribution in [3.8, 4) is 0 Å². The molecule has 1 atom stereocenters. The minimum Gasteiger partial charge on any atom is -0.466 e. The monoisotopic (exact) mass is 1130 g/mol. The van der Waals surface area contributed by atoms with Crippen molar-refractivity contribution in [3.05, 3.63) is 34.9 Å². The number of likely N-dealkylation sites (tertiary alicyclic amines) is 1. The highest BCUT2D eigenvalue weighted by atomic mass is 19.4. The molecule has 1 heterocycles. The van der Waals surface area contributed by atoms with Gasteiger partial charge in [-0.1, -0.05) is 117 Å². The number of ether oxygens (including phenoxy) is 7. The average molecular weight is 1140 g/mol. The summed E-state index contributed by atoms with van der Waals surface area (Å²) in [6.45, 7) is 10.5. The summed E-state index contributed by atoms with van der Waals surface area (Å²) in [5.41, 5.74) is 1.72. The van der Waals surface area contributed by atoms with Crippen LogP contribution in [0.25, 0.3) is 0 Å². The molecule has 0 saturated carbocycles. The van der Waals surface area contributed by atoms with E-state index in [1.54, 1.807) is 18.2 Å². The van der Waals surface area contributed by atoms with Gasteiger partial charge in [0.2, 0.25) is 0 Å². The number of esters is 4. The van der Waals surface area contributed by atoms with Gasteiger partial charge in [-0.25, -0.2) is 4.79 Å². The SMILES string of the molecule is CCCCCCCCOC(CCC(=O)OCc1cc(COC(=O)CCCCC(=O)OCCCCCCC(F)(F)C(F)(F)F)cc(COC(=O)CCC(CCCCCC)OC(=O)NCCN2CCCC2)c1)OCCCCCCCC. The van der Waals surface area contributed by atoms with Gasteiger partial charge in [0.15, 0.2) is 6.29 Å². The first-order valence-corrected chi connectivity index (χ1v) is 30.1. The zero-order valence-electron chi connectivity index (χ0n) is 48.3. The number of amides is 1. The van der Waals surface area contributed by atoms with E-state index in [0.717, 1.165) is 96.7 Å². The third kappa shape index (κ3) is 37.5. The molecule has 1 aromatic carbocycles. The van der Waals surface area contributed by atoms with Crippen LogP contribution in [-0.2, 0) is 72.2 Å². The fraction of sp³-hybridized carbons (Fsp3) is 0.817. The molecule has 0 bridgehead atoms. The molecule has 1 aromatic rings. The molecule has 0 spiro atoms. The number of unbranched alkanes of at least 4 members (excludes halogenated alkanes) is 17. The molecule has 1 aliphatic heterocycles. The Morgan fingerprint density at radius 3 is 1.44 bits per heavy atom. The van der Waals surface area contributed by atoms with Crippen molar-refractivity contribution in [1.29, 1.82) is 0 Å². The minimum atomic E-state index is -5.57. The second-order valence-electron chi connectivity index (χ2n) is 21.1. The summed E-state index contributed by atoms with van der Waals surface area (Å²) < 4.78 is 103. The fourth-order valence-corrected chi connectivity index (χ4v) is 9.04. The van der Waals surface area contributed by atoms with E-state index in [9.17, 15) is 45.9 Å². The molecule has 0 radical (unpaired) electrons. The van der Waals surface area contributed by atoms with Gasteiger partial charge >= 0.3 is 42.1 Å². The van der Waals surface area contributed by atoms with Crippen LogP contribution in [0.5, 0.6) is 0 Å². The molecule has 1 N–H and O–H groups in total. The molecular weight excluding hydrogens is 1040 g/mol. The van der Waals surface area contributed by atoms with Crippen LogP contribution in [0.2, 0.25) is 0 Å². The number of alkyl carbamates (subject to hydrolysis) is 1. The lowest BCUT2D eigenvalue weighted by Crippen LogP contribution is -2.36. The Kier molecular flexibility index (Phi) is 40.0. The normalized spacial score (nSPS) is 13.4. The Balaban J connectivity index is 2.00. The quantitative estimate of drug-likeness (QED) is 0.0216. The predicted molar refractivity (Wildman–Crippen MR) is 293 cm³/mol. The fourth-order valence-electron chi connectivity index (χ4n) is 9.04. The Morgan fingerprint density at radius 2 is 0.937 bits per heavy atom. The number of alkyl halides is 5. The van der Waals surface area contributed by atoms with Gasteiger partial charge in [0, 0.05) is 58.4 Å². The zero-order chi connectivity index (χ0) is 57.8. The van der Waals surface area contributed by atoms with Gasteiger partial charge in [0.1, 0.15) is 25.9 Å². The van der Waals surface area contributed by atoms with Crippen molar-refractivity contribution in [2.75, 3.05) is 46.0 Å². The van der Waals surface area contributed by atoms with Crippen LogP contribution < -0.4 is 5.32 Å². The first kappa shape index (κ1) is 71.0. The highest BCUT2D eigenvalue weighted by Crippen LogP contribution is 2.39. The van der Waals surface area contributed by atoms with Gasteiger partial charge in [0.25, 0.3) is 0 Å². The Hall–Kier alpha value is -4.10. The van der Waals surface area contributed by atoms with E-state index in [4.69, 9.17) is 33.2 Å². The standard InChI is InChI=1S/C60H99F5N2O12/c1-4-7-10-13-16-26-41-74-57(75-42-27-17-14-11-8-5-2)34-33-56(71)78-48-51-44-49(46-76-54(69)30-21-20-29-53(68)73-40-25-18-15-22-35-59(61,62)60(63,64)65)43-50(45-51)47-77-55(70)32-31-52(28-19-12-9-6-3)79-58(72)66-36-39-67-37-23-24-38-67/h43-45,52,57H,4-42,46-48H2,1-3H3,(H,66,72). The first-order valence-electron chi connectivity index (χ1n) is 30.1. The summed E-state index contributed by atoms with van der Waals surface area (Å²) in [6, 6.07) is 5.23. The van der Waals surface area contributed by atoms with Crippen molar-refractivity contribution in [2.24, 2.45) is 0 Å². The summed E-state index contributed by atoms with van der Waals surface area (Å²) in [7, 11) is 0. The van der Waals surface area contributed by atoms with Gasteiger partial charge in [-0.3, -0.25) is 19.2 Å². The number of nitrogens with one attached hydrogen (secondary N) is 1. The lowest BCUT2D eigenvalue weighted by Gasteiger charge is -2.19. The Bertz CT molecular complexity index is 1770. The lowest BCUT2D eigenvalue weighted by atomic mass is 10.1. The first-order chi connectivity index (χ1) is 38.0. The lowest BCUT2D eigenvalue weighted by molar-refractivity contribution is -0.284. The van der Waals surface area contributed by atoms with Crippen molar-refractivity contribution < 1.29 is 79.1 Å². The van der Waals surface area contributed by atoms with Gasteiger partial charge in [-0.2, -0.15) is 22.0 Å². The van der Waals surface area contributed by atoms with Crippen LogP contribution in [0, 0.1) is 0 Å². The number of rotatable bonds is 49. The summed E-state index contributed by atoms with van der Waals surface area (Å²) in [6.07, 6.45) is 14.0. The van der Waals surface area contributed by atoms with E-state index < -0.39 is 60.9 Å². The van der Waals surface area contributed by atoms with Gasteiger partial charge in [0.05, 0.1) is 13.0 Å². The zero-order valence-corrected chi connectivity index (χ0v) is 48.3. The topological polar surface area (TPSA) is 165 Å². The molecule has 1 unspecified atom stereocenters. The highest BCUT2D eigenvalue weighted by molar-refractivity contribution is 5.71. The van der Waals surface area contributed by atoms with E-state index in [1.807, 2.05) is 0 Å². The van der Waals surface area contributed by atoms with Gasteiger partial charge in [-0.15, -0.1) is 0 Å². The molecule has 0 aliphatic carbocycles. The number of hydrogen-bond donors (Lipinski definition) is 1.